The number of benzene rings is 1. The zero-order valence-corrected chi connectivity index (χ0v) is 8.63. The SMILES string of the molecule is CCc1cc(C)cc(C(=O)OC)c1O. The predicted octanol–water partition coefficient (Wildman–Crippen LogP) is 2.05. The Labute approximate surface area is 83.3 Å². The maximum absolute atomic E-state index is 11.3. The van der Waals surface area contributed by atoms with E-state index in [2.05, 4.69) is 4.74 Å². The standard InChI is InChI=1S/C11H14O3/c1-4-8-5-7(2)6-9(10(8)12)11(13)14-3/h5-6,12H,4H2,1-3H3. The summed E-state index contributed by atoms with van der Waals surface area (Å²) in [6, 6.07) is 3.49. The predicted molar refractivity (Wildman–Crippen MR) is 53.6 cm³/mol. The van der Waals surface area contributed by atoms with Crippen molar-refractivity contribution < 1.29 is 14.6 Å². The van der Waals surface area contributed by atoms with Crippen LogP contribution in [0.25, 0.3) is 0 Å². The van der Waals surface area contributed by atoms with Crippen molar-refractivity contribution in [3.8, 4) is 5.75 Å². The minimum absolute atomic E-state index is 0.0324. The normalized spacial score (nSPS) is 9.93. The second kappa shape index (κ2) is 4.13. The molecule has 0 amide bonds. The number of carbonyl (C=O) groups excluding carboxylic acids is 1. The van der Waals surface area contributed by atoms with Crippen LogP contribution in [0, 0.1) is 6.92 Å². The fourth-order valence-electron chi connectivity index (χ4n) is 1.39. The zero-order valence-electron chi connectivity index (χ0n) is 8.63. The molecule has 0 heterocycles. The Hall–Kier alpha value is -1.51. The van der Waals surface area contributed by atoms with Crippen LogP contribution < -0.4 is 0 Å². The van der Waals surface area contributed by atoms with E-state index in [-0.39, 0.29) is 11.3 Å². The molecule has 1 aromatic rings. The van der Waals surface area contributed by atoms with E-state index in [1.807, 2.05) is 19.9 Å². The largest absolute Gasteiger partial charge is 0.507 e. The number of hydrogen-bond acceptors (Lipinski definition) is 3. The van der Waals surface area contributed by atoms with Crippen molar-refractivity contribution in [3.05, 3.63) is 28.8 Å². The molecule has 0 bridgehead atoms. The minimum Gasteiger partial charge on any atom is -0.507 e. The van der Waals surface area contributed by atoms with Crippen molar-refractivity contribution in [2.45, 2.75) is 20.3 Å². The molecule has 0 unspecified atom stereocenters. The molecular formula is C11H14O3. The van der Waals surface area contributed by atoms with Crippen LogP contribution in [0.4, 0.5) is 0 Å². The Morgan fingerprint density at radius 3 is 2.64 bits per heavy atom. The summed E-state index contributed by atoms with van der Waals surface area (Å²) in [4.78, 5) is 11.3. The van der Waals surface area contributed by atoms with Gasteiger partial charge >= 0.3 is 5.97 Å². The van der Waals surface area contributed by atoms with Crippen LogP contribution in [0.5, 0.6) is 5.75 Å². The first-order valence-corrected chi connectivity index (χ1v) is 4.51. The van der Waals surface area contributed by atoms with Crippen LogP contribution in [0.15, 0.2) is 12.1 Å². The van der Waals surface area contributed by atoms with Crippen LogP contribution in [0.2, 0.25) is 0 Å². The maximum atomic E-state index is 11.3. The summed E-state index contributed by atoms with van der Waals surface area (Å²) < 4.78 is 4.57. The Bertz CT molecular complexity index is 356. The number of aryl methyl sites for hydroxylation is 2. The molecule has 0 spiro atoms. The van der Waals surface area contributed by atoms with Gasteiger partial charge in [0.2, 0.25) is 0 Å². The molecule has 1 N–H and O–H groups in total. The first kappa shape index (κ1) is 10.6. The summed E-state index contributed by atoms with van der Waals surface area (Å²) in [5, 5.41) is 9.71. The smallest absolute Gasteiger partial charge is 0.341 e. The van der Waals surface area contributed by atoms with E-state index >= 15 is 0 Å². The van der Waals surface area contributed by atoms with E-state index in [4.69, 9.17) is 0 Å². The van der Waals surface area contributed by atoms with E-state index in [1.165, 1.54) is 7.11 Å². The second-order valence-corrected chi connectivity index (χ2v) is 3.17. The number of hydrogen-bond donors (Lipinski definition) is 1. The minimum atomic E-state index is -0.499. The third-order valence-electron chi connectivity index (χ3n) is 2.12. The lowest BCUT2D eigenvalue weighted by atomic mass is 10.0. The monoisotopic (exact) mass is 194 g/mol. The molecule has 76 valence electrons. The topological polar surface area (TPSA) is 46.5 Å². The summed E-state index contributed by atoms with van der Waals surface area (Å²) in [6.45, 7) is 3.81. The van der Waals surface area contributed by atoms with Gasteiger partial charge in [-0.15, -0.1) is 0 Å². The molecule has 0 fully saturated rings. The molecule has 0 aliphatic rings. The van der Waals surface area contributed by atoms with Gasteiger partial charge in [-0.25, -0.2) is 4.79 Å². The van der Waals surface area contributed by atoms with Gasteiger partial charge in [0.1, 0.15) is 11.3 Å². The second-order valence-electron chi connectivity index (χ2n) is 3.17. The van der Waals surface area contributed by atoms with Gasteiger partial charge in [0.25, 0.3) is 0 Å². The number of rotatable bonds is 2. The van der Waals surface area contributed by atoms with Crippen molar-refractivity contribution in [1.82, 2.24) is 0 Å². The van der Waals surface area contributed by atoms with Crippen molar-refractivity contribution in [3.63, 3.8) is 0 Å². The van der Waals surface area contributed by atoms with Gasteiger partial charge in [0.15, 0.2) is 0 Å². The number of phenols is 1. The van der Waals surface area contributed by atoms with Gasteiger partial charge in [0.05, 0.1) is 7.11 Å². The van der Waals surface area contributed by atoms with Crippen molar-refractivity contribution in [2.75, 3.05) is 7.11 Å². The lowest BCUT2D eigenvalue weighted by Gasteiger charge is -2.08. The lowest BCUT2D eigenvalue weighted by Crippen LogP contribution is -2.03. The molecule has 3 nitrogen and oxygen atoms in total. The molecule has 14 heavy (non-hydrogen) atoms. The number of carbonyl (C=O) groups is 1. The molecule has 0 radical (unpaired) electrons. The van der Waals surface area contributed by atoms with Crippen LogP contribution in [0.1, 0.15) is 28.4 Å². The molecule has 0 aliphatic heterocycles. The van der Waals surface area contributed by atoms with Crippen molar-refractivity contribution in [1.29, 1.82) is 0 Å². The lowest BCUT2D eigenvalue weighted by molar-refractivity contribution is 0.0597. The van der Waals surface area contributed by atoms with Gasteiger partial charge in [-0.05, 0) is 30.5 Å². The maximum Gasteiger partial charge on any atom is 0.341 e. The summed E-state index contributed by atoms with van der Waals surface area (Å²) in [5.41, 5.74) is 1.95. The molecular weight excluding hydrogens is 180 g/mol. The molecule has 0 aromatic heterocycles. The summed E-state index contributed by atoms with van der Waals surface area (Å²) >= 11 is 0. The summed E-state index contributed by atoms with van der Waals surface area (Å²) in [6.07, 6.45) is 0.692. The number of ether oxygens (including phenoxy) is 1. The summed E-state index contributed by atoms with van der Waals surface area (Å²) in [5.74, 6) is -0.467. The molecule has 0 aliphatic carbocycles. The third-order valence-corrected chi connectivity index (χ3v) is 2.12. The Morgan fingerprint density at radius 2 is 2.14 bits per heavy atom. The first-order valence-electron chi connectivity index (χ1n) is 4.51. The van der Waals surface area contributed by atoms with Crippen LogP contribution in [0.3, 0.4) is 0 Å². The van der Waals surface area contributed by atoms with Gasteiger partial charge in [-0.3, -0.25) is 0 Å². The Morgan fingerprint density at radius 1 is 1.50 bits per heavy atom. The highest BCUT2D eigenvalue weighted by molar-refractivity contribution is 5.93. The average molecular weight is 194 g/mol. The Kier molecular flexibility index (Phi) is 3.12. The number of phenolic OH excluding ortho intramolecular Hbond substituents is 1. The fraction of sp³-hybridized carbons (Fsp3) is 0.364. The average Bonchev–Trinajstić information content (AvgIpc) is 2.19. The fourth-order valence-corrected chi connectivity index (χ4v) is 1.39. The highest BCUT2D eigenvalue weighted by atomic mass is 16.5. The van der Waals surface area contributed by atoms with Gasteiger partial charge in [-0.1, -0.05) is 13.0 Å². The molecule has 1 rings (SSSR count). The molecule has 0 saturated heterocycles. The van der Waals surface area contributed by atoms with Crippen molar-refractivity contribution in [2.24, 2.45) is 0 Å². The number of esters is 1. The molecule has 1 aromatic carbocycles. The highest BCUT2D eigenvalue weighted by Gasteiger charge is 2.14. The van der Waals surface area contributed by atoms with Gasteiger partial charge in [0, 0.05) is 0 Å². The zero-order chi connectivity index (χ0) is 10.7. The van der Waals surface area contributed by atoms with Gasteiger partial charge < -0.3 is 9.84 Å². The van der Waals surface area contributed by atoms with E-state index in [1.54, 1.807) is 6.07 Å². The third kappa shape index (κ3) is 1.87. The van der Waals surface area contributed by atoms with Crippen LogP contribution in [-0.4, -0.2) is 18.2 Å². The van der Waals surface area contributed by atoms with E-state index < -0.39 is 5.97 Å². The van der Waals surface area contributed by atoms with Crippen LogP contribution in [-0.2, 0) is 11.2 Å². The van der Waals surface area contributed by atoms with Crippen molar-refractivity contribution >= 4 is 5.97 Å². The molecule has 0 saturated carbocycles. The van der Waals surface area contributed by atoms with E-state index in [9.17, 15) is 9.90 Å². The van der Waals surface area contributed by atoms with Gasteiger partial charge in [-0.2, -0.15) is 0 Å². The summed E-state index contributed by atoms with van der Waals surface area (Å²) in [7, 11) is 1.30. The Balaban J connectivity index is 3.29. The van der Waals surface area contributed by atoms with E-state index in [0.717, 1.165) is 11.1 Å². The highest BCUT2D eigenvalue weighted by Crippen LogP contribution is 2.25. The van der Waals surface area contributed by atoms with E-state index in [0.29, 0.717) is 6.42 Å². The molecule has 3 heteroatoms. The number of methoxy groups -OCH3 is 1. The number of aromatic hydroxyl groups is 1. The quantitative estimate of drug-likeness (QED) is 0.733. The van der Waals surface area contributed by atoms with Crippen LogP contribution >= 0.6 is 0 Å². The molecule has 0 atom stereocenters. The first-order chi connectivity index (χ1) is 6.60.